The molecule has 2 aliphatic carbocycles. The largest absolute Gasteiger partial charge is 0.0932 e. The summed E-state index contributed by atoms with van der Waals surface area (Å²) in [5.41, 5.74) is 0. The monoisotopic (exact) mass is 140 g/mol. The zero-order valence-corrected chi connectivity index (χ0v) is 6.36. The van der Waals surface area contributed by atoms with E-state index in [1.807, 2.05) is 5.37 Å². The summed E-state index contributed by atoms with van der Waals surface area (Å²) >= 11 is 4.95. The van der Waals surface area contributed by atoms with Crippen molar-refractivity contribution in [3.8, 4) is 0 Å². The lowest BCUT2D eigenvalue weighted by molar-refractivity contribution is 0.424. The van der Waals surface area contributed by atoms with Gasteiger partial charge < -0.3 is 0 Å². The van der Waals surface area contributed by atoms with Crippen LogP contribution in [0.25, 0.3) is 0 Å². The molecule has 2 aliphatic rings. The topological polar surface area (TPSA) is 0 Å². The van der Waals surface area contributed by atoms with Crippen molar-refractivity contribution in [2.75, 3.05) is 0 Å². The van der Waals surface area contributed by atoms with Crippen molar-refractivity contribution >= 4 is 17.6 Å². The first kappa shape index (κ1) is 5.84. The molecule has 3 unspecified atom stereocenters. The van der Waals surface area contributed by atoms with Gasteiger partial charge in [0.2, 0.25) is 0 Å². The van der Waals surface area contributed by atoms with Gasteiger partial charge in [-0.1, -0.05) is 25.1 Å². The van der Waals surface area contributed by atoms with E-state index >= 15 is 0 Å². The van der Waals surface area contributed by atoms with Gasteiger partial charge in [-0.15, -0.1) is 0 Å². The highest BCUT2D eigenvalue weighted by atomic mass is 32.1. The Morgan fingerprint density at radius 1 is 1.33 bits per heavy atom. The first-order valence-electron chi connectivity index (χ1n) is 3.87. The van der Waals surface area contributed by atoms with E-state index in [-0.39, 0.29) is 0 Å². The van der Waals surface area contributed by atoms with Crippen molar-refractivity contribution in [1.29, 1.82) is 0 Å². The van der Waals surface area contributed by atoms with Crippen LogP contribution in [0.3, 0.4) is 0 Å². The molecule has 0 saturated heterocycles. The average Bonchev–Trinajstić information content (AvgIpc) is 2.64. The first-order valence-corrected chi connectivity index (χ1v) is 4.34. The standard InChI is InChI=1S/C8H12S/c9-5-7-3-1-2-6-4-8(6)7/h5-8H,1-4H2. The Hall–Kier alpha value is 0.0900. The molecule has 0 spiro atoms. The third-order valence-corrected chi connectivity index (χ3v) is 3.16. The van der Waals surface area contributed by atoms with Crippen LogP contribution in [0, 0.1) is 17.8 Å². The Bertz CT molecular complexity index is 131. The minimum absolute atomic E-state index is 0.818. The number of hydrogen-bond donors (Lipinski definition) is 0. The molecule has 9 heavy (non-hydrogen) atoms. The number of fused-ring (bicyclic) bond motifs is 1. The molecule has 2 rings (SSSR count). The fraction of sp³-hybridized carbons (Fsp3) is 0.875. The molecule has 0 N–H and O–H groups in total. The van der Waals surface area contributed by atoms with Crippen LogP contribution in [0.15, 0.2) is 0 Å². The molecule has 0 radical (unpaired) electrons. The van der Waals surface area contributed by atoms with Crippen molar-refractivity contribution in [3.63, 3.8) is 0 Å². The van der Waals surface area contributed by atoms with E-state index in [0.29, 0.717) is 0 Å². The van der Waals surface area contributed by atoms with Gasteiger partial charge in [0.15, 0.2) is 0 Å². The van der Waals surface area contributed by atoms with E-state index < -0.39 is 0 Å². The molecule has 0 nitrogen and oxygen atoms in total. The van der Waals surface area contributed by atoms with Gasteiger partial charge >= 0.3 is 0 Å². The van der Waals surface area contributed by atoms with E-state index in [0.717, 1.165) is 17.8 Å². The Morgan fingerprint density at radius 2 is 2.22 bits per heavy atom. The van der Waals surface area contributed by atoms with Crippen molar-refractivity contribution in [2.45, 2.75) is 25.7 Å². The minimum Gasteiger partial charge on any atom is -0.0932 e. The average molecular weight is 140 g/mol. The maximum absolute atomic E-state index is 4.95. The number of thiocarbonyl (C=S) groups is 1. The lowest BCUT2D eigenvalue weighted by Crippen LogP contribution is -2.09. The molecule has 2 saturated carbocycles. The van der Waals surface area contributed by atoms with Crippen LogP contribution in [-0.2, 0) is 0 Å². The highest BCUT2D eigenvalue weighted by molar-refractivity contribution is 7.79. The summed E-state index contributed by atoms with van der Waals surface area (Å²) in [5.74, 6) is 2.93. The predicted octanol–water partition coefficient (Wildman–Crippen LogP) is 2.42. The van der Waals surface area contributed by atoms with Gasteiger partial charge in [0.05, 0.1) is 0 Å². The second kappa shape index (κ2) is 2.05. The van der Waals surface area contributed by atoms with Gasteiger partial charge in [-0.05, 0) is 36.0 Å². The number of hydrogen-bond acceptors (Lipinski definition) is 1. The normalized spacial score (nSPS) is 47.8. The van der Waals surface area contributed by atoms with Crippen molar-refractivity contribution in [1.82, 2.24) is 0 Å². The zero-order chi connectivity index (χ0) is 6.27. The molecule has 50 valence electrons. The second-order valence-corrected chi connectivity index (χ2v) is 3.66. The maximum Gasteiger partial charge on any atom is -0.00974 e. The SMILES string of the molecule is S=CC1CCCC2CC12. The van der Waals surface area contributed by atoms with Gasteiger partial charge in [0.1, 0.15) is 0 Å². The van der Waals surface area contributed by atoms with Crippen LogP contribution in [0.4, 0.5) is 0 Å². The van der Waals surface area contributed by atoms with Crippen molar-refractivity contribution < 1.29 is 0 Å². The van der Waals surface area contributed by atoms with Crippen molar-refractivity contribution in [3.05, 3.63) is 0 Å². The minimum atomic E-state index is 0.818. The fourth-order valence-corrected chi connectivity index (χ4v) is 2.46. The third kappa shape index (κ3) is 0.917. The van der Waals surface area contributed by atoms with Gasteiger partial charge in [-0.3, -0.25) is 0 Å². The molecule has 0 aliphatic heterocycles. The van der Waals surface area contributed by atoms with Crippen LogP contribution in [0.5, 0.6) is 0 Å². The number of rotatable bonds is 1. The molecular formula is C8H12S. The molecule has 0 heterocycles. The molecule has 3 atom stereocenters. The summed E-state index contributed by atoms with van der Waals surface area (Å²) < 4.78 is 0. The molecule has 1 heteroatoms. The molecule has 0 amide bonds. The van der Waals surface area contributed by atoms with Crippen LogP contribution in [0.1, 0.15) is 25.7 Å². The Morgan fingerprint density at radius 3 is 2.89 bits per heavy atom. The van der Waals surface area contributed by atoms with Gasteiger partial charge in [-0.25, -0.2) is 0 Å². The summed E-state index contributed by atoms with van der Waals surface area (Å²) in [6.45, 7) is 0. The van der Waals surface area contributed by atoms with Gasteiger partial charge in [-0.2, -0.15) is 0 Å². The van der Waals surface area contributed by atoms with E-state index in [4.69, 9.17) is 12.2 Å². The smallest absolute Gasteiger partial charge is 0.00974 e. The summed E-state index contributed by atoms with van der Waals surface area (Å²) in [5, 5.41) is 2.00. The third-order valence-electron chi connectivity index (χ3n) is 2.81. The van der Waals surface area contributed by atoms with Crippen molar-refractivity contribution in [2.24, 2.45) is 17.8 Å². The van der Waals surface area contributed by atoms with Crippen LogP contribution in [0.2, 0.25) is 0 Å². The summed E-state index contributed by atoms with van der Waals surface area (Å²) in [4.78, 5) is 0. The highest BCUT2D eigenvalue weighted by Gasteiger charge is 2.43. The van der Waals surface area contributed by atoms with E-state index in [1.165, 1.54) is 25.7 Å². The molecular weight excluding hydrogens is 128 g/mol. The van der Waals surface area contributed by atoms with E-state index in [1.54, 1.807) is 0 Å². The van der Waals surface area contributed by atoms with Crippen LogP contribution < -0.4 is 0 Å². The van der Waals surface area contributed by atoms with E-state index in [9.17, 15) is 0 Å². The predicted molar refractivity (Wildman–Crippen MR) is 42.6 cm³/mol. The molecule has 0 bridgehead atoms. The fourth-order valence-electron chi connectivity index (χ4n) is 2.13. The quantitative estimate of drug-likeness (QED) is 0.504. The highest BCUT2D eigenvalue weighted by Crippen LogP contribution is 2.52. The maximum atomic E-state index is 4.95. The zero-order valence-electron chi connectivity index (χ0n) is 5.55. The summed E-state index contributed by atoms with van der Waals surface area (Å²) in [7, 11) is 0. The molecule has 0 aromatic rings. The van der Waals surface area contributed by atoms with E-state index in [2.05, 4.69) is 0 Å². The Labute approximate surface area is 61.6 Å². The molecule has 2 fully saturated rings. The second-order valence-electron chi connectivity index (χ2n) is 3.39. The van der Waals surface area contributed by atoms with Gasteiger partial charge in [0, 0.05) is 0 Å². The lowest BCUT2D eigenvalue weighted by atomic mass is 9.91. The summed E-state index contributed by atoms with van der Waals surface area (Å²) in [6, 6.07) is 0. The first-order chi connectivity index (χ1) is 4.42. The van der Waals surface area contributed by atoms with Gasteiger partial charge in [0.25, 0.3) is 0 Å². The Kier molecular flexibility index (Phi) is 1.33. The van der Waals surface area contributed by atoms with Crippen LogP contribution in [-0.4, -0.2) is 5.37 Å². The summed E-state index contributed by atoms with van der Waals surface area (Å²) in [6.07, 6.45) is 5.78. The Balaban J connectivity index is 2.00. The molecule has 0 aromatic heterocycles. The molecule has 0 aromatic carbocycles. The lowest BCUT2D eigenvalue weighted by Gasteiger charge is -2.15. The van der Waals surface area contributed by atoms with Crippen LogP contribution >= 0.6 is 12.2 Å².